The number of hydrogen-bond donors (Lipinski definition) is 2. The van der Waals surface area contributed by atoms with Crippen molar-refractivity contribution < 1.29 is 19.0 Å². The number of halogens is 1. The molecule has 0 radical (unpaired) electrons. The lowest BCUT2D eigenvalue weighted by Crippen LogP contribution is -3.28. The van der Waals surface area contributed by atoms with Crippen molar-refractivity contribution in [3.8, 4) is 16.9 Å². The Bertz CT molecular complexity index is 1070. The van der Waals surface area contributed by atoms with Gasteiger partial charge in [-0.3, -0.25) is 4.79 Å². The molecule has 1 saturated heterocycles. The fourth-order valence-corrected chi connectivity index (χ4v) is 4.33. The van der Waals surface area contributed by atoms with Crippen LogP contribution in [0.5, 0.6) is 5.75 Å². The van der Waals surface area contributed by atoms with Gasteiger partial charge >= 0.3 is 0 Å². The van der Waals surface area contributed by atoms with Gasteiger partial charge in [-0.25, -0.2) is 0 Å². The minimum atomic E-state index is -0.0386. The third-order valence-electron chi connectivity index (χ3n) is 6.06. The van der Waals surface area contributed by atoms with Gasteiger partial charge in [0.25, 0.3) is 0 Å². The van der Waals surface area contributed by atoms with E-state index in [0.29, 0.717) is 33.9 Å². The number of ether oxygens (including phenoxy) is 1. The summed E-state index contributed by atoms with van der Waals surface area (Å²) in [6.07, 6.45) is 0. The molecule has 0 unspecified atom stereocenters. The van der Waals surface area contributed by atoms with Crippen LogP contribution in [0.15, 0.2) is 51.7 Å². The maximum absolute atomic E-state index is 13.1. The minimum Gasteiger partial charge on any atom is -0.488 e. The van der Waals surface area contributed by atoms with Gasteiger partial charge in [-0.1, -0.05) is 23.7 Å². The van der Waals surface area contributed by atoms with E-state index < -0.39 is 0 Å². The van der Waals surface area contributed by atoms with Crippen molar-refractivity contribution in [1.29, 1.82) is 0 Å². The van der Waals surface area contributed by atoms with Gasteiger partial charge in [-0.05, 0) is 43.7 Å². The summed E-state index contributed by atoms with van der Waals surface area (Å²) >= 11 is 5.98. The van der Waals surface area contributed by atoms with E-state index >= 15 is 0 Å². The summed E-state index contributed by atoms with van der Waals surface area (Å²) < 4.78 is 12.0. The molecule has 1 fully saturated rings. The highest BCUT2D eigenvalue weighted by Crippen LogP contribution is 2.27. The van der Waals surface area contributed by atoms with Crippen LogP contribution in [0.2, 0.25) is 5.02 Å². The Morgan fingerprint density at radius 3 is 2.43 bits per heavy atom. The molecule has 1 aromatic heterocycles. The molecule has 0 aliphatic carbocycles. The molecule has 1 aliphatic heterocycles. The number of likely N-dealkylation sites (N-methyl/N-ethyl adjacent to an activating group) is 1. The first kappa shape index (κ1) is 20.9. The van der Waals surface area contributed by atoms with Gasteiger partial charge in [-0.15, -0.1) is 0 Å². The van der Waals surface area contributed by atoms with E-state index in [1.54, 1.807) is 28.0 Å². The Hall–Kier alpha value is -2.34. The first-order valence-electron chi connectivity index (χ1n) is 10.7. The van der Waals surface area contributed by atoms with Crippen molar-refractivity contribution in [2.45, 2.75) is 13.8 Å². The van der Waals surface area contributed by atoms with Crippen LogP contribution in [-0.2, 0) is 0 Å². The third kappa shape index (κ3) is 4.53. The largest absolute Gasteiger partial charge is 0.488 e. The molecule has 2 N–H and O–H groups in total. The summed E-state index contributed by atoms with van der Waals surface area (Å²) in [5.74, 6) is 1.33. The van der Waals surface area contributed by atoms with Gasteiger partial charge in [0.15, 0.2) is 0 Å². The van der Waals surface area contributed by atoms with Crippen LogP contribution in [0.25, 0.3) is 22.1 Å². The predicted octanol–water partition coefficient (Wildman–Crippen LogP) is 1.60. The smallest absolute Gasteiger partial charge is 0.200 e. The number of piperazine rings is 1. The zero-order chi connectivity index (χ0) is 21.1. The number of fused-ring (bicyclic) bond motifs is 1. The van der Waals surface area contributed by atoms with Gasteiger partial charge in [0.2, 0.25) is 5.43 Å². The molecule has 2 heterocycles. The van der Waals surface area contributed by atoms with Crippen LogP contribution in [0.4, 0.5) is 0 Å². The van der Waals surface area contributed by atoms with Crippen LogP contribution >= 0.6 is 11.6 Å². The summed E-state index contributed by atoms with van der Waals surface area (Å²) in [5, 5.41) is 1.20. The van der Waals surface area contributed by atoms with Crippen molar-refractivity contribution in [1.82, 2.24) is 0 Å². The SMILES string of the molecule is CC[NH+]1CC[NH+](CCOc2ccc3c(=O)c(-c4ccc(Cl)cc4)c(C)oc3c2)CC1. The average molecular weight is 429 g/mol. The van der Waals surface area contributed by atoms with E-state index in [0.717, 1.165) is 17.9 Å². The van der Waals surface area contributed by atoms with E-state index in [1.807, 2.05) is 31.2 Å². The third-order valence-corrected chi connectivity index (χ3v) is 6.31. The second kappa shape index (κ2) is 9.21. The van der Waals surface area contributed by atoms with Crippen molar-refractivity contribution in [3.05, 3.63) is 63.5 Å². The molecule has 3 aromatic rings. The van der Waals surface area contributed by atoms with Crippen molar-refractivity contribution in [2.75, 3.05) is 45.9 Å². The van der Waals surface area contributed by atoms with Gasteiger partial charge < -0.3 is 19.0 Å². The highest BCUT2D eigenvalue weighted by atomic mass is 35.5. The van der Waals surface area contributed by atoms with Crippen LogP contribution < -0.4 is 20.0 Å². The van der Waals surface area contributed by atoms with E-state index in [-0.39, 0.29) is 5.43 Å². The van der Waals surface area contributed by atoms with E-state index in [1.165, 1.54) is 32.7 Å². The lowest BCUT2D eigenvalue weighted by Gasteiger charge is -2.28. The quantitative estimate of drug-likeness (QED) is 0.627. The predicted molar refractivity (Wildman–Crippen MR) is 120 cm³/mol. The summed E-state index contributed by atoms with van der Waals surface area (Å²) in [4.78, 5) is 16.4. The van der Waals surface area contributed by atoms with E-state index in [4.69, 9.17) is 20.8 Å². The molecule has 5 nitrogen and oxygen atoms in total. The molecule has 1 aliphatic rings. The summed E-state index contributed by atoms with van der Waals surface area (Å²) in [6.45, 7) is 11.8. The Morgan fingerprint density at radius 1 is 1.03 bits per heavy atom. The van der Waals surface area contributed by atoms with Gasteiger partial charge in [0, 0.05) is 11.1 Å². The number of benzene rings is 2. The van der Waals surface area contributed by atoms with Crippen molar-refractivity contribution in [3.63, 3.8) is 0 Å². The second-order valence-corrected chi connectivity index (χ2v) is 8.42. The number of hydrogen-bond acceptors (Lipinski definition) is 3. The molecule has 2 aromatic carbocycles. The topological polar surface area (TPSA) is 48.3 Å². The molecule has 0 amide bonds. The van der Waals surface area contributed by atoms with Crippen LogP contribution in [0, 0.1) is 6.92 Å². The fourth-order valence-electron chi connectivity index (χ4n) is 4.20. The average Bonchev–Trinajstić information content (AvgIpc) is 2.75. The number of nitrogens with one attached hydrogen (secondary N) is 2. The highest BCUT2D eigenvalue weighted by Gasteiger charge is 2.21. The zero-order valence-corrected chi connectivity index (χ0v) is 18.3. The summed E-state index contributed by atoms with van der Waals surface area (Å²) in [7, 11) is 0. The lowest BCUT2D eigenvalue weighted by molar-refractivity contribution is -1.01. The molecule has 0 bridgehead atoms. The molecule has 0 saturated carbocycles. The van der Waals surface area contributed by atoms with Gasteiger partial charge in [0.1, 0.15) is 56.4 Å². The van der Waals surface area contributed by atoms with Crippen LogP contribution in [0.3, 0.4) is 0 Å². The Labute approximate surface area is 181 Å². The summed E-state index contributed by atoms with van der Waals surface area (Å²) in [5.41, 5.74) is 1.90. The monoisotopic (exact) mass is 428 g/mol. The number of rotatable bonds is 6. The Morgan fingerprint density at radius 2 is 1.73 bits per heavy atom. The lowest BCUT2D eigenvalue weighted by atomic mass is 10.0. The maximum atomic E-state index is 13.1. The maximum Gasteiger partial charge on any atom is 0.200 e. The number of quaternary nitrogens is 2. The molecule has 6 heteroatoms. The normalized spacial score (nSPS) is 19.2. The molecule has 0 atom stereocenters. The van der Waals surface area contributed by atoms with Crippen LogP contribution in [0.1, 0.15) is 12.7 Å². The second-order valence-electron chi connectivity index (χ2n) is 7.98. The van der Waals surface area contributed by atoms with E-state index in [9.17, 15) is 4.79 Å². The molecular formula is C24H29ClN2O3+2. The Balaban J connectivity index is 1.47. The highest BCUT2D eigenvalue weighted by molar-refractivity contribution is 6.30. The molecule has 158 valence electrons. The zero-order valence-electron chi connectivity index (χ0n) is 17.6. The standard InChI is InChI=1S/C24H27ClN2O3/c1-3-26-10-12-27(13-11-26)14-15-29-20-8-9-21-22(16-20)30-17(2)23(24(21)28)18-4-6-19(25)7-5-18/h4-9,16H,3,10-15H2,1-2H3/p+2. The van der Waals surface area contributed by atoms with Gasteiger partial charge in [0.05, 0.1) is 17.5 Å². The number of aryl methyl sites for hydroxylation is 1. The minimum absolute atomic E-state index is 0.0386. The summed E-state index contributed by atoms with van der Waals surface area (Å²) in [6, 6.07) is 12.7. The molecule has 0 spiro atoms. The van der Waals surface area contributed by atoms with Crippen molar-refractivity contribution >= 4 is 22.6 Å². The molecule has 30 heavy (non-hydrogen) atoms. The molecule has 4 rings (SSSR count). The molecular weight excluding hydrogens is 400 g/mol. The van der Waals surface area contributed by atoms with Gasteiger partial charge in [-0.2, -0.15) is 0 Å². The van der Waals surface area contributed by atoms with Crippen molar-refractivity contribution in [2.24, 2.45) is 0 Å². The fraction of sp³-hybridized carbons (Fsp3) is 0.375. The Kier molecular flexibility index (Phi) is 6.42. The first-order valence-corrected chi connectivity index (χ1v) is 11.1. The van der Waals surface area contributed by atoms with Crippen LogP contribution in [-0.4, -0.2) is 45.9 Å². The van der Waals surface area contributed by atoms with E-state index in [2.05, 4.69) is 6.92 Å². The first-order chi connectivity index (χ1) is 14.5.